The maximum absolute atomic E-state index is 12.5. The first kappa shape index (κ1) is 17.2. The van der Waals surface area contributed by atoms with Crippen LogP contribution in [-0.4, -0.2) is 19.0 Å². The number of hydrogen-bond donors (Lipinski definition) is 3. The summed E-state index contributed by atoms with van der Waals surface area (Å²) in [7, 11) is 3.28. The lowest BCUT2D eigenvalue weighted by Crippen LogP contribution is -1.96. The molecule has 0 unspecified atom stereocenters. The van der Waals surface area contributed by atoms with E-state index in [1.807, 2.05) is 0 Å². The lowest BCUT2D eigenvalue weighted by Gasteiger charge is -2.02. The number of hydrogen-bond acceptors (Lipinski definition) is 5. The van der Waals surface area contributed by atoms with E-state index < -0.39 is 10.7 Å². The molecule has 0 atom stereocenters. The summed E-state index contributed by atoms with van der Waals surface area (Å²) in [5, 5.41) is 15.8. The Morgan fingerprint density at radius 3 is 1.95 bits per heavy atom. The molecule has 0 radical (unpaired) electrons. The molecule has 0 fully saturated rings. The second-order valence-electron chi connectivity index (χ2n) is 4.15. The van der Waals surface area contributed by atoms with Crippen LogP contribution >= 0.6 is 0 Å². The Labute approximate surface area is 126 Å². The van der Waals surface area contributed by atoms with Crippen molar-refractivity contribution in [3.8, 4) is 0 Å². The molecule has 118 valence electrons. The molecule has 0 bridgehead atoms. The van der Waals surface area contributed by atoms with E-state index in [2.05, 4.69) is 10.6 Å². The Hall–Kier alpha value is -2.90. The molecule has 0 heterocycles. The van der Waals surface area contributed by atoms with Crippen LogP contribution in [0.3, 0.4) is 0 Å². The summed E-state index contributed by atoms with van der Waals surface area (Å²) in [6.45, 7) is 0. The Kier molecular flexibility index (Phi) is 6.06. The van der Waals surface area contributed by atoms with Crippen LogP contribution in [0.2, 0.25) is 0 Å². The lowest BCUT2D eigenvalue weighted by molar-refractivity contribution is -0.384. The van der Waals surface area contributed by atoms with Crippen molar-refractivity contribution < 1.29 is 13.7 Å². The van der Waals surface area contributed by atoms with E-state index in [1.54, 1.807) is 20.2 Å². The molecule has 0 amide bonds. The molecule has 0 aromatic heterocycles. The highest BCUT2D eigenvalue weighted by atomic mass is 19.1. The molecule has 2 rings (SSSR count). The van der Waals surface area contributed by atoms with Gasteiger partial charge in [-0.15, -0.1) is 0 Å². The van der Waals surface area contributed by atoms with Crippen LogP contribution in [0, 0.1) is 21.7 Å². The standard InChI is InChI=1S/C7H7FN2O2.C7H9FN2/c1-9-6-3-2-5(8)4-7(6)10(11)12;1-10-7-3-2-5(8)4-6(7)9/h2-4,9H,1H3;2-4,10H,9H2,1H3. The summed E-state index contributed by atoms with van der Waals surface area (Å²) in [5.74, 6) is -0.919. The topological polar surface area (TPSA) is 93.2 Å². The number of nitrogens with zero attached hydrogens (tertiary/aromatic N) is 1. The zero-order valence-corrected chi connectivity index (χ0v) is 12.1. The van der Waals surface area contributed by atoms with Crippen LogP contribution in [0.25, 0.3) is 0 Å². The molecule has 22 heavy (non-hydrogen) atoms. The maximum Gasteiger partial charge on any atom is 0.295 e. The smallest absolute Gasteiger partial charge is 0.295 e. The fourth-order valence-electron chi connectivity index (χ4n) is 1.63. The van der Waals surface area contributed by atoms with Crippen LogP contribution in [0.5, 0.6) is 0 Å². The van der Waals surface area contributed by atoms with Gasteiger partial charge in [0, 0.05) is 14.1 Å². The van der Waals surface area contributed by atoms with Gasteiger partial charge in [-0.25, -0.2) is 8.78 Å². The molecule has 2 aromatic carbocycles. The molecule has 0 spiro atoms. The third kappa shape index (κ3) is 4.58. The normalized spacial score (nSPS) is 9.45. The molecule has 0 saturated carbocycles. The van der Waals surface area contributed by atoms with E-state index >= 15 is 0 Å². The zero-order valence-electron chi connectivity index (χ0n) is 12.1. The first-order chi connectivity index (χ1) is 10.4. The monoisotopic (exact) mass is 310 g/mol. The Morgan fingerprint density at radius 1 is 1.00 bits per heavy atom. The number of nitro groups is 1. The van der Waals surface area contributed by atoms with Crippen LogP contribution in [0.4, 0.5) is 31.5 Å². The van der Waals surface area contributed by atoms with Crippen molar-refractivity contribution in [1.29, 1.82) is 0 Å². The van der Waals surface area contributed by atoms with Gasteiger partial charge in [0.1, 0.15) is 17.3 Å². The number of halogens is 2. The number of nitrogens with one attached hydrogen (secondary N) is 2. The van der Waals surface area contributed by atoms with E-state index in [1.165, 1.54) is 24.3 Å². The molecule has 0 saturated heterocycles. The van der Waals surface area contributed by atoms with Gasteiger partial charge >= 0.3 is 0 Å². The minimum absolute atomic E-state index is 0.252. The molecule has 2 aromatic rings. The van der Waals surface area contributed by atoms with Crippen molar-refractivity contribution in [3.05, 3.63) is 58.1 Å². The Bertz CT molecular complexity index is 665. The number of nitrogens with two attached hydrogens (primary N) is 1. The first-order valence-electron chi connectivity index (χ1n) is 6.23. The molecule has 0 aliphatic carbocycles. The van der Waals surface area contributed by atoms with Gasteiger partial charge in [-0.05, 0) is 30.3 Å². The second kappa shape index (κ2) is 7.77. The summed E-state index contributed by atoms with van der Waals surface area (Å²) in [6.07, 6.45) is 0. The van der Waals surface area contributed by atoms with Crippen LogP contribution < -0.4 is 16.4 Å². The Balaban J connectivity index is 0.000000224. The van der Waals surface area contributed by atoms with Crippen molar-refractivity contribution in [2.24, 2.45) is 0 Å². The molecular weight excluding hydrogens is 294 g/mol. The summed E-state index contributed by atoms with van der Waals surface area (Å²) in [5.41, 5.74) is 6.67. The van der Waals surface area contributed by atoms with Gasteiger partial charge in [-0.3, -0.25) is 10.1 Å². The largest absolute Gasteiger partial charge is 0.397 e. The van der Waals surface area contributed by atoms with Crippen molar-refractivity contribution in [2.75, 3.05) is 30.5 Å². The summed E-state index contributed by atoms with van der Waals surface area (Å²) in [6, 6.07) is 7.62. The van der Waals surface area contributed by atoms with E-state index in [-0.39, 0.29) is 11.5 Å². The third-order valence-corrected chi connectivity index (χ3v) is 2.71. The quantitative estimate of drug-likeness (QED) is 0.460. The van der Waals surface area contributed by atoms with Crippen molar-refractivity contribution >= 4 is 22.7 Å². The summed E-state index contributed by atoms with van der Waals surface area (Å²) in [4.78, 5) is 9.70. The highest BCUT2D eigenvalue weighted by Gasteiger charge is 2.12. The van der Waals surface area contributed by atoms with Gasteiger partial charge in [0.25, 0.3) is 5.69 Å². The van der Waals surface area contributed by atoms with Crippen LogP contribution in [0.15, 0.2) is 36.4 Å². The molecule has 8 heteroatoms. The number of benzene rings is 2. The SMILES string of the molecule is CNc1ccc(F)cc1N.CNc1ccc(F)cc1[N+](=O)[O-]. The summed E-state index contributed by atoms with van der Waals surface area (Å²) >= 11 is 0. The fourth-order valence-corrected chi connectivity index (χ4v) is 1.63. The van der Waals surface area contributed by atoms with Gasteiger partial charge in [0.15, 0.2) is 0 Å². The van der Waals surface area contributed by atoms with E-state index in [9.17, 15) is 18.9 Å². The summed E-state index contributed by atoms with van der Waals surface area (Å²) < 4.78 is 24.9. The molecule has 0 aliphatic heterocycles. The average molecular weight is 310 g/mol. The highest BCUT2D eigenvalue weighted by molar-refractivity contribution is 5.65. The average Bonchev–Trinajstić information content (AvgIpc) is 2.48. The molecule has 4 N–H and O–H groups in total. The third-order valence-electron chi connectivity index (χ3n) is 2.71. The van der Waals surface area contributed by atoms with Gasteiger partial charge < -0.3 is 16.4 Å². The van der Waals surface area contributed by atoms with Gasteiger partial charge in [-0.1, -0.05) is 0 Å². The number of anilines is 3. The van der Waals surface area contributed by atoms with Crippen LogP contribution in [0.1, 0.15) is 0 Å². The predicted octanol–water partition coefficient (Wildman–Crippen LogP) is 3.23. The van der Waals surface area contributed by atoms with Crippen molar-refractivity contribution in [2.45, 2.75) is 0 Å². The minimum atomic E-state index is -0.630. The van der Waals surface area contributed by atoms with E-state index in [0.29, 0.717) is 11.4 Å². The number of nitro benzene ring substituents is 1. The Morgan fingerprint density at radius 2 is 1.50 bits per heavy atom. The van der Waals surface area contributed by atoms with Gasteiger partial charge in [-0.2, -0.15) is 0 Å². The van der Waals surface area contributed by atoms with Crippen molar-refractivity contribution in [1.82, 2.24) is 0 Å². The van der Waals surface area contributed by atoms with Crippen LogP contribution in [-0.2, 0) is 0 Å². The lowest BCUT2D eigenvalue weighted by atomic mass is 10.2. The number of rotatable bonds is 3. The first-order valence-corrected chi connectivity index (χ1v) is 6.23. The number of nitrogen functional groups attached to an aromatic ring is 1. The molecule has 0 aliphatic rings. The molecular formula is C14H16F2N4O2. The second-order valence-corrected chi connectivity index (χ2v) is 4.15. The maximum atomic E-state index is 12.5. The zero-order chi connectivity index (χ0) is 16.7. The highest BCUT2D eigenvalue weighted by Crippen LogP contribution is 2.23. The van der Waals surface area contributed by atoms with Gasteiger partial charge in [0.2, 0.25) is 0 Å². The minimum Gasteiger partial charge on any atom is -0.397 e. The fraction of sp³-hybridized carbons (Fsp3) is 0.143. The van der Waals surface area contributed by atoms with Gasteiger partial charge in [0.05, 0.1) is 22.4 Å². The van der Waals surface area contributed by atoms with Crippen molar-refractivity contribution in [3.63, 3.8) is 0 Å². The molecule has 6 nitrogen and oxygen atoms in total. The van der Waals surface area contributed by atoms with E-state index in [0.717, 1.165) is 11.8 Å². The van der Waals surface area contributed by atoms with E-state index in [4.69, 9.17) is 5.73 Å². The predicted molar refractivity (Wildman–Crippen MR) is 83.0 cm³/mol.